The highest BCUT2D eigenvalue weighted by Gasteiger charge is 2.18. The Hall–Kier alpha value is -2.93. The minimum Gasteiger partial charge on any atom is -0.341 e. The first-order valence-electron chi connectivity index (χ1n) is 8.98. The Bertz CT molecular complexity index is 946. The number of para-hydroxylation sites is 2. The van der Waals surface area contributed by atoms with Gasteiger partial charge in [0.15, 0.2) is 0 Å². The zero-order chi connectivity index (χ0) is 18.6. The molecule has 0 spiro atoms. The molecule has 3 amide bonds. The molecule has 1 aliphatic heterocycles. The molecule has 0 saturated carbocycles. The number of rotatable bonds is 4. The van der Waals surface area contributed by atoms with Crippen molar-refractivity contribution in [2.45, 2.75) is 12.8 Å². The lowest BCUT2D eigenvalue weighted by Gasteiger charge is -2.16. The van der Waals surface area contributed by atoms with E-state index in [2.05, 4.69) is 15.6 Å². The van der Waals surface area contributed by atoms with E-state index >= 15 is 0 Å². The van der Waals surface area contributed by atoms with Gasteiger partial charge in [-0.15, -0.1) is 11.3 Å². The molecule has 6 nitrogen and oxygen atoms in total. The fraction of sp³-hybridized carbons (Fsp3) is 0.250. The summed E-state index contributed by atoms with van der Waals surface area (Å²) in [5.74, 6) is -0.0397. The summed E-state index contributed by atoms with van der Waals surface area (Å²) in [4.78, 5) is 30.8. The second kappa shape index (κ2) is 7.75. The van der Waals surface area contributed by atoms with E-state index < -0.39 is 6.03 Å². The van der Waals surface area contributed by atoms with Gasteiger partial charge < -0.3 is 15.5 Å². The molecule has 27 heavy (non-hydrogen) atoms. The predicted octanol–water partition coefficient (Wildman–Crippen LogP) is 3.71. The van der Waals surface area contributed by atoms with E-state index in [1.165, 1.54) is 0 Å². The topological polar surface area (TPSA) is 74.3 Å². The number of urea groups is 1. The minimum atomic E-state index is -0.392. The minimum absolute atomic E-state index is 0.00907. The lowest BCUT2D eigenvalue weighted by atomic mass is 10.2. The summed E-state index contributed by atoms with van der Waals surface area (Å²) in [5, 5.41) is 6.35. The van der Waals surface area contributed by atoms with Gasteiger partial charge in [-0.25, -0.2) is 9.78 Å². The summed E-state index contributed by atoms with van der Waals surface area (Å²) in [6.07, 6.45) is 2.07. The van der Waals surface area contributed by atoms with E-state index in [1.807, 2.05) is 48.5 Å². The van der Waals surface area contributed by atoms with Crippen LogP contribution in [0.25, 0.3) is 20.8 Å². The van der Waals surface area contributed by atoms with E-state index in [0.29, 0.717) is 5.69 Å². The van der Waals surface area contributed by atoms with E-state index in [0.717, 1.165) is 46.7 Å². The fourth-order valence-corrected chi connectivity index (χ4v) is 4.17. The number of carbonyl (C=O) groups is 2. The highest BCUT2D eigenvalue weighted by molar-refractivity contribution is 7.21. The van der Waals surface area contributed by atoms with Crippen molar-refractivity contribution in [2.24, 2.45) is 0 Å². The zero-order valence-corrected chi connectivity index (χ0v) is 15.6. The normalized spacial score (nSPS) is 13.7. The second-order valence-corrected chi connectivity index (χ2v) is 7.46. The van der Waals surface area contributed by atoms with Crippen molar-refractivity contribution in [3.63, 3.8) is 0 Å². The van der Waals surface area contributed by atoms with Crippen LogP contribution in [0.15, 0.2) is 48.5 Å². The van der Waals surface area contributed by atoms with Crippen molar-refractivity contribution in [3.05, 3.63) is 48.5 Å². The molecule has 3 aromatic rings. The number of anilines is 1. The van der Waals surface area contributed by atoms with Gasteiger partial charge in [-0.1, -0.05) is 24.3 Å². The maximum Gasteiger partial charge on any atom is 0.319 e. The quantitative estimate of drug-likeness (QED) is 0.725. The molecule has 1 saturated heterocycles. The summed E-state index contributed by atoms with van der Waals surface area (Å²) in [5.41, 5.74) is 2.47. The average Bonchev–Trinajstić information content (AvgIpc) is 3.36. The Labute approximate surface area is 161 Å². The van der Waals surface area contributed by atoms with Crippen LogP contribution in [0.4, 0.5) is 10.5 Å². The van der Waals surface area contributed by atoms with E-state index in [9.17, 15) is 9.59 Å². The number of carbonyl (C=O) groups excluding carboxylic acids is 2. The summed E-state index contributed by atoms with van der Waals surface area (Å²) < 4.78 is 1.10. The molecule has 1 aromatic heterocycles. The van der Waals surface area contributed by atoms with Gasteiger partial charge in [0.1, 0.15) is 5.01 Å². The molecule has 2 heterocycles. The van der Waals surface area contributed by atoms with E-state index in [-0.39, 0.29) is 12.5 Å². The highest BCUT2D eigenvalue weighted by atomic mass is 32.1. The molecule has 4 rings (SSSR count). The smallest absolute Gasteiger partial charge is 0.319 e. The fourth-order valence-electron chi connectivity index (χ4n) is 3.17. The molecule has 0 radical (unpaired) electrons. The second-order valence-electron chi connectivity index (χ2n) is 6.43. The van der Waals surface area contributed by atoms with Crippen LogP contribution < -0.4 is 10.6 Å². The van der Waals surface area contributed by atoms with E-state index in [4.69, 9.17) is 0 Å². The number of hydrogen-bond donors (Lipinski definition) is 2. The molecule has 1 fully saturated rings. The lowest BCUT2D eigenvalue weighted by Crippen LogP contribution is -2.40. The third-order valence-corrected chi connectivity index (χ3v) is 5.63. The molecule has 0 bridgehead atoms. The van der Waals surface area contributed by atoms with Crippen molar-refractivity contribution >= 4 is 39.2 Å². The van der Waals surface area contributed by atoms with Crippen LogP contribution in [0.2, 0.25) is 0 Å². The Morgan fingerprint density at radius 2 is 1.78 bits per heavy atom. The standard InChI is InChI=1S/C20H20N4O2S/c25-18(24-11-5-6-12-24)13-21-20(26)23-15-8-2-1-7-14(15)19-22-16-9-3-4-10-17(16)27-19/h1-4,7-10H,5-6,11-13H2,(H2,21,23,26). The van der Waals surface area contributed by atoms with Gasteiger partial charge in [0.25, 0.3) is 0 Å². The molecular weight excluding hydrogens is 360 g/mol. The van der Waals surface area contributed by atoms with Gasteiger partial charge in [0, 0.05) is 18.7 Å². The molecule has 1 aliphatic rings. The number of hydrogen-bond acceptors (Lipinski definition) is 4. The third kappa shape index (κ3) is 3.93. The predicted molar refractivity (Wildman–Crippen MR) is 108 cm³/mol. The van der Waals surface area contributed by atoms with Crippen LogP contribution in [-0.4, -0.2) is 41.5 Å². The largest absolute Gasteiger partial charge is 0.341 e. The molecule has 0 aliphatic carbocycles. The first kappa shape index (κ1) is 17.5. The van der Waals surface area contributed by atoms with Crippen molar-refractivity contribution in [1.82, 2.24) is 15.2 Å². The SMILES string of the molecule is O=C(NCC(=O)N1CCCC1)Nc1ccccc1-c1nc2ccccc2s1. The number of likely N-dealkylation sites (tertiary alicyclic amines) is 1. The number of aromatic nitrogens is 1. The van der Waals surface area contributed by atoms with Crippen LogP contribution in [0, 0.1) is 0 Å². The van der Waals surface area contributed by atoms with Gasteiger partial charge >= 0.3 is 6.03 Å². The summed E-state index contributed by atoms with van der Waals surface area (Å²) in [6.45, 7) is 1.57. The summed E-state index contributed by atoms with van der Waals surface area (Å²) in [6, 6.07) is 15.1. The first-order valence-corrected chi connectivity index (χ1v) is 9.80. The van der Waals surface area contributed by atoms with Crippen LogP contribution in [0.1, 0.15) is 12.8 Å². The summed E-state index contributed by atoms with van der Waals surface area (Å²) in [7, 11) is 0. The Morgan fingerprint density at radius 3 is 2.59 bits per heavy atom. The van der Waals surface area contributed by atoms with Crippen molar-refractivity contribution < 1.29 is 9.59 Å². The number of nitrogens with zero attached hydrogens (tertiary/aromatic N) is 2. The molecule has 2 N–H and O–H groups in total. The van der Waals surface area contributed by atoms with Crippen LogP contribution in [0.3, 0.4) is 0 Å². The van der Waals surface area contributed by atoms with Crippen LogP contribution in [0.5, 0.6) is 0 Å². The van der Waals surface area contributed by atoms with Gasteiger partial charge in [-0.2, -0.15) is 0 Å². The molecular formula is C20H20N4O2S. The number of fused-ring (bicyclic) bond motifs is 1. The third-order valence-electron chi connectivity index (χ3n) is 4.56. The summed E-state index contributed by atoms with van der Waals surface area (Å²) >= 11 is 1.58. The number of amides is 3. The van der Waals surface area contributed by atoms with Gasteiger partial charge in [0.05, 0.1) is 22.4 Å². The monoisotopic (exact) mass is 380 g/mol. The van der Waals surface area contributed by atoms with Crippen LogP contribution >= 0.6 is 11.3 Å². The molecule has 7 heteroatoms. The van der Waals surface area contributed by atoms with Crippen molar-refractivity contribution in [3.8, 4) is 10.6 Å². The van der Waals surface area contributed by atoms with E-state index in [1.54, 1.807) is 16.2 Å². The first-order chi connectivity index (χ1) is 13.2. The Balaban J connectivity index is 1.46. The van der Waals surface area contributed by atoms with Gasteiger partial charge in [0.2, 0.25) is 5.91 Å². The Kier molecular flexibility index (Phi) is 5.02. The zero-order valence-electron chi connectivity index (χ0n) is 14.8. The number of nitrogens with one attached hydrogen (secondary N) is 2. The maximum atomic E-state index is 12.3. The lowest BCUT2D eigenvalue weighted by molar-refractivity contribution is -0.128. The molecule has 138 valence electrons. The average molecular weight is 380 g/mol. The maximum absolute atomic E-state index is 12.3. The Morgan fingerprint density at radius 1 is 1.04 bits per heavy atom. The molecule has 2 aromatic carbocycles. The highest BCUT2D eigenvalue weighted by Crippen LogP contribution is 2.34. The number of thiazole rings is 1. The molecule has 0 unspecified atom stereocenters. The van der Waals surface area contributed by atoms with Crippen LogP contribution in [-0.2, 0) is 4.79 Å². The molecule has 0 atom stereocenters. The van der Waals surface area contributed by atoms with Gasteiger partial charge in [-0.05, 0) is 37.1 Å². The van der Waals surface area contributed by atoms with Gasteiger partial charge in [-0.3, -0.25) is 4.79 Å². The number of benzene rings is 2. The van der Waals surface area contributed by atoms with Crippen molar-refractivity contribution in [2.75, 3.05) is 25.0 Å². The van der Waals surface area contributed by atoms with Crippen molar-refractivity contribution in [1.29, 1.82) is 0 Å².